The molecule has 2 N–H and O–H groups in total. The molecule has 2 rings (SSSR count). The van der Waals surface area contributed by atoms with E-state index < -0.39 is 10.8 Å². The van der Waals surface area contributed by atoms with Gasteiger partial charge in [-0.1, -0.05) is 35.2 Å². The molecule has 0 heterocycles. The van der Waals surface area contributed by atoms with E-state index in [9.17, 15) is 14.9 Å². The molecule has 102 valence electrons. The topological polar surface area (TPSA) is 86.2 Å². The van der Waals surface area contributed by atoms with E-state index in [0.29, 0.717) is 0 Å². The van der Waals surface area contributed by atoms with Crippen molar-refractivity contribution in [2.45, 2.75) is 36.4 Å². The molecular formula is C13H15BrN2O3. The Kier molecular flexibility index (Phi) is 3.89. The highest BCUT2D eigenvalue weighted by Gasteiger charge is 2.34. The number of alkyl halides is 1. The van der Waals surface area contributed by atoms with E-state index in [1.807, 2.05) is 0 Å². The number of carbonyl (C=O) groups is 1. The van der Waals surface area contributed by atoms with Crippen molar-refractivity contribution in [1.29, 1.82) is 0 Å². The van der Waals surface area contributed by atoms with E-state index in [-0.39, 0.29) is 15.6 Å². The number of benzene rings is 1. The number of hydrogen-bond donors (Lipinski definition) is 1. The van der Waals surface area contributed by atoms with Gasteiger partial charge in [0, 0.05) is 12.1 Å². The van der Waals surface area contributed by atoms with Crippen LogP contribution in [0.15, 0.2) is 18.2 Å². The maximum Gasteiger partial charge on any atom is 0.270 e. The molecule has 0 spiro atoms. The van der Waals surface area contributed by atoms with Gasteiger partial charge in [-0.25, -0.2) is 0 Å². The lowest BCUT2D eigenvalue weighted by atomic mass is 9.81. The molecule has 0 radical (unpaired) electrons. The SMILES string of the molecule is NC(=O)c1cc([N+](=O)[O-])ccc1C1(Br)CCCCC1. The highest BCUT2D eigenvalue weighted by Crippen LogP contribution is 2.46. The summed E-state index contributed by atoms with van der Waals surface area (Å²) in [4.78, 5) is 21.8. The fourth-order valence-electron chi connectivity index (χ4n) is 2.62. The summed E-state index contributed by atoms with van der Waals surface area (Å²) in [6, 6.07) is 4.35. The third-order valence-electron chi connectivity index (χ3n) is 3.61. The number of primary amides is 1. The second-order valence-electron chi connectivity index (χ2n) is 4.88. The molecule has 0 saturated heterocycles. The minimum atomic E-state index is -0.622. The summed E-state index contributed by atoms with van der Waals surface area (Å²) >= 11 is 3.71. The number of non-ortho nitro benzene ring substituents is 1. The van der Waals surface area contributed by atoms with Crippen molar-refractivity contribution in [3.63, 3.8) is 0 Å². The van der Waals surface area contributed by atoms with E-state index in [4.69, 9.17) is 5.73 Å². The molecule has 1 amide bonds. The van der Waals surface area contributed by atoms with Gasteiger partial charge < -0.3 is 5.73 Å². The molecule has 0 aromatic heterocycles. The average molecular weight is 327 g/mol. The van der Waals surface area contributed by atoms with Crippen LogP contribution in [0.5, 0.6) is 0 Å². The van der Waals surface area contributed by atoms with Crippen molar-refractivity contribution < 1.29 is 9.72 Å². The molecule has 0 unspecified atom stereocenters. The first kappa shape index (κ1) is 14.0. The summed E-state index contributed by atoms with van der Waals surface area (Å²) in [6.45, 7) is 0. The Bertz CT molecular complexity index is 525. The van der Waals surface area contributed by atoms with Gasteiger partial charge in [0.15, 0.2) is 0 Å². The van der Waals surface area contributed by atoms with Gasteiger partial charge in [0.25, 0.3) is 5.69 Å². The van der Waals surface area contributed by atoms with Crippen LogP contribution in [0.2, 0.25) is 0 Å². The first-order chi connectivity index (χ1) is 8.94. The van der Waals surface area contributed by atoms with Gasteiger partial charge in [-0.3, -0.25) is 14.9 Å². The van der Waals surface area contributed by atoms with Crippen LogP contribution in [0.4, 0.5) is 5.69 Å². The van der Waals surface area contributed by atoms with E-state index >= 15 is 0 Å². The molecule has 1 aromatic carbocycles. The number of nitro groups is 1. The molecule has 1 saturated carbocycles. The summed E-state index contributed by atoms with van der Waals surface area (Å²) in [5.74, 6) is -0.622. The summed E-state index contributed by atoms with van der Waals surface area (Å²) in [5.41, 5.74) is 6.27. The van der Waals surface area contributed by atoms with Crippen LogP contribution in [-0.2, 0) is 4.32 Å². The first-order valence-corrected chi connectivity index (χ1v) is 7.01. The van der Waals surface area contributed by atoms with Crippen LogP contribution in [0.3, 0.4) is 0 Å². The molecule has 19 heavy (non-hydrogen) atoms. The predicted molar refractivity (Wildman–Crippen MR) is 75.3 cm³/mol. The van der Waals surface area contributed by atoms with Gasteiger partial charge in [0.1, 0.15) is 0 Å². The Balaban J connectivity index is 2.50. The minimum absolute atomic E-state index is 0.107. The number of halogens is 1. The lowest BCUT2D eigenvalue weighted by molar-refractivity contribution is -0.384. The quantitative estimate of drug-likeness (QED) is 0.525. The van der Waals surface area contributed by atoms with Gasteiger partial charge in [-0.15, -0.1) is 0 Å². The third kappa shape index (κ3) is 2.78. The monoisotopic (exact) mass is 326 g/mol. The van der Waals surface area contributed by atoms with Crippen molar-refractivity contribution >= 4 is 27.5 Å². The van der Waals surface area contributed by atoms with Crippen molar-refractivity contribution in [2.75, 3.05) is 0 Å². The Morgan fingerprint density at radius 1 is 1.32 bits per heavy atom. The lowest BCUT2D eigenvalue weighted by Gasteiger charge is -2.33. The zero-order chi connectivity index (χ0) is 14.0. The van der Waals surface area contributed by atoms with E-state index in [1.54, 1.807) is 6.07 Å². The van der Waals surface area contributed by atoms with Crippen molar-refractivity contribution in [3.05, 3.63) is 39.4 Å². The van der Waals surface area contributed by atoms with Crippen LogP contribution < -0.4 is 5.73 Å². The smallest absolute Gasteiger partial charge is 0.270 e. The number of nitrogens with zero attached hydrogens (tertiary/aromatic N) is 1. The van der Waals surface area contributed by atoms with Gasteiger partial charge in [-0.05, 0) is 24.5 Å². The van der Waals surface area contributed by atoms with Gasteiger partial charge in [-0.2, -0.15) is 0 Å². The summed E-state index contributed by atoms with van der Waals surface area (Å²) in [7, 11) is 0. The Morgan fingerprint density at radius 2 is 1.95 bits per heavy atom. The molecule has 0 aliphatic heterocycles. The fraction of sp³-hybridized carbons (Fsp3) is 0.462. The van der Waals surface area contributed by atoms with Crippen LogP contribution in [0.25, 0.3) is 0 Å². The predicted octanol–water partition coefficient (Wildman–Crippen LogP) is 3.25. The normalized spacial score (nSPS) is 17.9. The number of carbonyl (C=O) groups excluding carboxylic acids is 1. The molecule has 1 fully saturated rings. The maximum atomic E-state index is 11.6. The molecule has 0 bridgehead atoms. The second kappa shape index (κ2) is 5.28. The van der Waals surface area contributed by atoms with Crippen molar-refractivity contribution in [2.24, 2.45) is 5.73 Å². The van der Waals surface area contributed by atoms with E-state index in [2.05, 4.69) is 15.9 Å². The Labute approximate surface area is 119 Å². The third-order valence-corrected chi connectivity index (χ3v) is 4.83. The van der Waals surface area contributed by atoms with Gasteiger partial charge in [0.05, 0.1) is 14.8 Å². The Hall–Kier alpha value is -1.43. The molecule has 1 aromatic rings. The zero-order valence-corrected chi connectivity index (χ0v) is 12.0. The molecule has 0 atom stereocenters. The maximum absolute atomic E-state index is 11.6. The number of nitro benzene ring substituents is 1. The van der Waals surface area contributed by atoms with Crippen LogP contribution in [0.1, 0.15) is 48.0 Å². The van der Waals surface area contributed by atoms with Crippen molar-refractivity contribution in [1.82, 2.24) is 0 Å². The second-order valence-corrected chi connectivity index (χ2v) is 6.40. The van der Waals surface area contributed by atoms with Crippen LogP contribution in [0, 0.1) is 10.1 Å². The molecule has 1 aliphatic rings. The standard InChI is InChI=1S/C13H15BrN2O3/c14-13(6-2-1-3-7-13)11-5-4-9(16(18)19)8-10(11)12(15)17/h4-5,8H,1-3,6-7H2,(H2,15,17). The highest BCUT2D eigenvalue weighted by molar-refractivity contribution is 9.09. The van der Waals surface area contributed by atoms with Gasteiger partial charge in [0.2, 0.25) is 5.91 Å². The van der Waals surface area contributed by atoms with Crippen LogP contribution in [-0.4, -0.2) is 10.8 Å². The fourth-order valence-corrected chi connectivity index (χ4v) is 3.53. The lowest BCUT2D eigenvalue weighted by Crippen LogP contribution is -2.26. The number of amides is 1. The first-order valence-electron chi connectivity index (χ1n) is 6.22. The minimum Gasteiger partial charge on any atom is -0.366 e. The van der Waals surface area contributed by atoms with Crippen LogP contribution >= 0.6 is 15.9 Å². The summed E-state index contributed by atoms with van der Waals surface area (Å²) in [5, 5.41) is 10.8. The molecule has 6 heteroatoms. The average Bonchev–Trinajstić information content (AvgIpc) is 2.38. The summed E-state index contributed by atoms with van der Waals surface area (Å²) in [6.07, 6.45) is 5.13. The summed E-state index contributed by atoms with van der Waals surface area (Å²) < 4.78 is -0.287. The molecule has 5 nitrogen and oxygen atoms in total. The molecular weight excluding hydrogens is 312 g/mol. The number of rotatable bonds is 3. The number of hydrogen-bond acceptors (Lipinski definition) is 3. The molecule has 1 aliphatic carbocycles. The van der Waals surface area contributed by atoms with E-state index in [1.165, 1.54) is 18.6 Å². The van der Waals surface area contributed by atoms with E-state index in [0.717, 1.165) is 31.2 Å². The van der Waals surface area contributed by atoms with Crippen molar-refractivity contribution in [3.8, 4) is 0 Å². The zero-order valence-electron chi connectivity index (χ0n) is 10.4. The van der Waals surface area contributed by atoms with Gasteiger partial charge >= 0.3 is 0 Å². The largest absolute Gasteiger partial charge is 0.366 e. The Morgan fingerprint density at radius 3 is 2.47 bits per heavy atom. The number of nitrogens with two attached hydrogens (primary N) is 1. The highest BCUT2D eigenvalue weighted by atomic mass is 79.9.